The molecule has 6 rings (SSSR count). The fourth-order valence-corrected chi connectivity index (χ4v) is 8.34. The zero-order chi connectivity index (χ0) is 24.3. The topological polar surface area (TPSA) is 39.1 Å². The molecule has 2 aliphatic heterocycles. The Bertz CT molecular complexity index is 1050. The Morgan fingerprint density at radius 3 is 2.51 bits per heavy atom. The predicted octanol–water partition coefficient (Wildman–Crippen LogP) is 6.66. The van der Waals surface area contributed by atoms with Gasteiger partial charge in [0.1, 0.15) is 5.82 Å². The van der Waals surface area contributed by atoms with Crippen LogP contribution in [0.2, 0.25) is 0 Å². The minimum absolute atomic E-state index is 0.0198. The molecule has 190 valence electrons. The Hall–Kier alpha value is -1.72. The second-order valence-corrected chi connectivity index (χ2v) is 12.7. The summed E-state index contributed by atoms with van der Waals surface area (Å²) >= 11 is 0. The molecule has 4 nitrogen and oxygen atoms in total. The summed E-state index contributed by atoms with van der Waals surface area (Å²) in [5, 5.41) is 8.86. The average Bonchev–Trinajstić information content (AvgIpc) is 3.19. The molecule has 3 heterocycles. The fraction of sp³-hybridized carbons (Fsp3) is 0.700. The van der Waals surface area contributed by atoms with Gasteiger partial charge in [-0.2, -0.15) is 5.10 Å². The molecule has 3 atom stereocenters. The molecule has 1 aromatic heterocycles. The quantitative estimate of drug-likeness (QED) is 0.483. The molecule has 2 aromatic rings. The van der Waals surface area contributed by atoms with E-state index in [1.54, 1.807) is 12.1 Å². The third kappa shape index (κ3) is 3.71. The number of ether oxygens (including phenoxy) is 1. The highest BCUT2D eigenvalue weighted by Gasteiger charge is 2.62. The lowest BCUT2D eigenvalue weighted by molar-refractivity contribution is -0.103. The molecule has 2 saturated carbocycles. The summed E-state index contributed by atoms with van der Waals surface area (Å²) in [4.78, 5) is 0. The lowest BCUT2D eigenvalue weighted by Gasteiger charge is -2.47. The lowest BCUT2D eigenvalue weighted by Crippen LogP contribution is -2.47. The molecular formula is C30H42FN3O. The minimum Gasteiger partial charge on any atom is -0.375 e. The van der Waals surface area contributed by atoms with Crippen molar-refractivity contribution in [1.82, 2.24) is 15.1 Å². The van der Waals surface area contributed by atoms with E-state index in [2.05, 4.69) is 36.8 Å². The van der Waals surface area contributed by atoms with Crippen LogP contribution in [0.5, 0.6) is 0 Å². The maximum atomic E-state index is 13.8. The molecule has 1 spiro atoms. The van der Waals surface area contributed by atoms with Crippen molar-refractivity contribution in [1.29, 1.82) is 0 Å². The van der Waals surface area contributed by atoms with Crippen molar-refractivity contribution in [2.45, 2.75) is 108 Å². The molecule has 35 heavy (non-hydrogen) atoms. The van der Waals surface area contributed by atoms with Crippen LogP contribution in [-0.2, 0) is 15.7 Å². The number of halogens is 1. The number of hydrogen-bond donors (Lipinski definition) is 1. The molecule has 3 unspecified atom stereocenters. The van der Waals surface area contributed by atoms with Crippen LogP contribution in [0.25, 0.3) is 0 Å². The molecule has 0 radical (unpaired) electrons. The van der Waals surface area contributed by atoms with Gasteiger partial charge in [-0.05, 0) is 93.0 Å². The Labute approximate surface area is 210 Å². The van der Waals surface area contributed by atoms with Gasteiger partial charge in [0.15, 0.2) is 0 Å². The summed E-state index contributed by atoms with van der Waals surface area (Å²) in [6, 6.07) is 9.92. The molecular weight excluding hydrogens is 437 g/mol. The molecule has 1 saturated heterocycles. The molecule has 3 fully saturated rings. The first-order valence-corrected chi connectivity index (χ1v) is 14.0. The Morgan fingerprint density at radius 1 is 1.09 bits per heavy atom. The first kappa shape index (κ1) is 23.7. The highest BCUT2D eigenvalue weighted by atomic mass is 19.1. The van der Waals surface area contributed by atoms with Crippen molar-refractivity contribution in [2.24, 2.45) is 11.3 Å². The molecule has 1 N–H and O–H groups in total. The minimum atomic E-state index is -0.150. The number of benzene rings is 1. The smallest absolute Gasteiger partial charge is 0.123 e. The maximum absolute atomic E-state index is 13.8. The number of rotatable bonds is 7. The molecule has 4 aliphatic rings. The second kappa shape index (κ2) is 8.41. The Balaban J connectivity index is 1.23. The molecule has 2 aliphatic carbocycles. The van der Waals surface area contributed by atoms with Crippen molar-refractivity contribution in [2.75, 3.05) is 13.2 Å². The Kier molecular flexibility index (Phi) is 5.69. The molecule has 0 bridgehead atoms. The lowest BCUT2D eigenvalue weighted by atomic mass is 9.66. The van der Waals surface area contributed by atoms with E-state index >= 15 is 0 Å². The largest absolute Gasteiger partial charge is 0.375 e. The van der Waals surface area contributed by atoms with Gasteiger partial charge < -0.3 is 10.1 Å². The Morgan fingerprint density at radius 2 is 1.83 bits per heavy atom. The monoisotopic (exact) mass is 479 g/mol. The summed E-state index contributed by atoms with van der Waals surface area (Å²) in [5.74, 6) is 0.395. The van der Waals surface area contributed by atoms with Gasteiger partial charge >= 0.3 is 0 Å². The number of aromatic nitrogens is 2. The summed E-state index contributed by atoms with van der Waals surface area (Å²) in [6.45, 7) is 8.98. The van der Waals surface area contributed by atoms with E-state index < -0.39 is 0 Å². The average molecular weight is 480 g/mol. The number of hydrogen-bond acceptors (Lipinski definition) is 3. The number of nitrogens with zero attached hydrogens (tertiary/aromatic N) is 2. The van der Waals surface area contributed by atoms with Gasteiger partial charge in [-0.3, -0.25) is 4.68 Å². The van der Waals surface area contributed by atoms with Crippen molar-refractivity contribution in [3.8, 4) is 0 Å². The van der Waals surface area contributed by atoms with E-state index in [-0.39, 0.29) is 22.4 Å². The summed E-state index contributed by atoms with van der Waals surface area (Å²) in [5.41, 5.74) is 3.15. The van der Waals surface area contributed by atoms with Crippen LogP contribution < -0.4 is 5.32 Å². The van der Waals surface area contributed by atoms with Gasteiger partial charge in [-0.25, -0.2) is 4.39 Å². The summed E-state index contributed by atoms with van der Waals surface area (Å²) in [6.07, 6.45) is 13.7. The van der Waals surface area contributed by atoms with Crippen molar-refractivity contribution < 1.29 is 9.13 Å². The number of fused-ring (bicyclic) bond motifs is 1. The first-order chi connectivity index (χ1) is 16.8. The third-order valence-corrected chi connectivity index (χ3v) is 10.5. The standard InChI is InChI=1S/C30H42FN3O/c1-22(2)30(27(3)13-14-27)20-25(26-10-17-33-34(26)30)32-18-15-28(23-6-8-24(31)9-7-23)16-19-35-29(21-28)11-4-5-12-29/h6-10,17,22,25,32H,4-5,11-16,18-21H2,1-3H3. The maximum Gasteiger partial charge on any atom is 0.123 e. The normalized spacial score (nSPS) is 32.9. The van der Waals surface area contributed by atoms with E-state index in [9.17, 15) is 4.39 Å². The van der Waals surface area contributed by atoms with Crippen molar-refractivity contribution in [3.63, 3.8) is 0 Å². The van der Waals surface area contributed by atoms with Crippen LogP contribution in [0.1, 0.15) is 102 Å². The van der Waals surface area contributed by atoms with Gasteiger partial charge in [0.05, 0.1) is 22.9 Å². The molecule has 5 heteroatoms. The molecule has 1 aromatic carbocycles. The van der Waals surface area contributed by atoms with E-state index in [1.165, 1.54) is 49.8 Å². The van der Waals surface area contributed by atoms with Gasteiger partial charge in [0, 0.05) is 18.2 Å². The van der Waals surface area contributed by atoms with Gasteiger partial charge in [-0.1, -0.05) is 45.7 Å². The highest BCUT2D eigenvalue weighted by molar-refractivity contribution is 5.29. The second-order valence-electron chi connectivity index (χ2n) is 12.7. The SMILES string of the molecule is CC(C)C1(C2(C)CC2)CC(NCCC2(c3ccc(F)cc3)CCOC3(CCCC3)C2)c2ccnn21. The van der Waals surface area contributed by atoms with E-state index in [0.717, 1.165) is 38.8 Å². The third-order valence-electron chi connectivity index (χ3n) is 10.5. The van der Waals surface area contributed by atoms with Crippen molar-refractivity contribution >= 4 is 0 Å². The van der Waals surface area contributed by atoms with Gasteiger partial charge in [-0.15, -0.1) is 0 Å². The fourth-order valence-electron chi connectivity index (χ4n) is 8.34. The summed E-state index contributed by atoms with van der Waals surface area (Å²) in [7, 11) is 0. The number of nitrogens with one attached hydrogen (secondary N) is 1. The van der Waals surface area contributed by atoms with Crippen molar-refractivity contribution in [3.05, 3.63) is 53.6 Å². The first-order valence-electron chi connectivity index (χ1n) is 14.0. The summed E-state index contributed by atoms with van der Waals surface area (Å²) < 4.78 is 22.7. The van der Waals surface area contributed by atoms with E-state index in [0.29, 0.717) is 17.4 Å². The van der Waals surface area contributed by atoms with Crippen LogP contribution in [0.15, 0.2) is 36.5 Å². The zero-order valence-electron chi connectivity index (χ0n) is 21.8. The van der Waals surface area contributed by atoms with E-state index in [1.807, 2.05) is 18.3 Å². The molecule has 0 amide bonds. The van der Waals surface area contributed by atoms with Crippen LogP contribution in [0.4, 0.5) is 4.39 Å². The van der Waals surface area contributed by atoms with Crippen LogP contribution in [0.3, 0.4) is 0 Å². The van der Waals surface area contributed by atoms with Crippen LogP contribution in [0, 0.1) is 17.2 Å². The van der Waals surface area contributed by atoms with Crippen LogP contribution >= 0.6 is 0 Å². The van der Waals surface area contributed by atoms with Gasteiger partial charge in [0.2, 0.25) is 0 Å². The van der Waals surface area contributed by atoms with Crippen LogP contribution in [-0.4, -0.2) is 28.5 Å². The van der Waals surface area contributed by atoms with E-state index in [4.69, 9.17) is 9.84 Å². The van der Waals surface area contributed by atoms with Gasteiger partial charge in [0.25, 0.3) is 0 Å². The predicted molar refractivity (Wildman–Crippen MR) is 137 cm³/mol. The zero-order valence-corrected chi connectivity index (χ0v) is 21.8. The highest BCUT2D eigenvalue weighted by Crippen LogP contribution is 2.65.